The molecule has 2 rings (SSSR count). The second-order valence-corrected chi connectivity index (χ2v) is 3.21. The van der Waals surface area contributed by atoms with Crippen molar-refractivity contribution < 1.29 is 3.79 Å². The summed E-state index contributed by atoms with van der Waals surface area (Å²) in [5, 5.41) is 1.16. The van der Waals surface area contributed by atoms with Crippen LogP contribution in [0, 0.1) is 6.92 Å². The molecule has 1 heterocycles. The lowest BCUT2D eigenvalue weighted by molar-refractivity contribution is 0.622. The topological polar surface area (TPSA) is 22.1 Å². The van der Waals surface area contributed by atoms with Gasteiger partial charge in [-0.3, -0.25) is 4.98 Å². The van der Waals surface area contributed by atoms with E-state index in [4.69, 9.17) is 3.79 Å². The van der Waals surface area contributed by atoms with Crippen LogP contribution in [0.2, 0.25) is 0 Å². The average molecular weight is 186 g/mol. The Morgan fingerprint density at radius 2 is 2.15 bits per heavy atom. The van der Waals surface area contributed by atoms with Gasteiger partial charge in [0, 0.05) is 11.6 Å². The van der Waals surface area contributed by atoms with E-state index in [-0.39, 0.29) is 0 Å². The summed E-state index contributed by atoms with van der Waals surface area (Å²) in [5.41, 5.74) is 2.17. The first-order valence-electron chi connectivity index (χ1n) is 4.09. The zero-order valence-electron chi connectivity index (χ0n) is 7.45. The van der Waals surface area contributed by atoms with E-state index in [1.54, 1.807) is 0 Å². The normalized spacial score (nSPS) is 10.2. The van der Waals surface area contributed by atoms with E-state index in [0.717, 1.165) is 16.7 Å². The molecule has 2 nitrogen and oxygen atoms in total. The van der Waals surface area contributed by atoms with E-state index >= 15 is 0 Å². The molecule has 2 aromatic rings. The van der Waals surface area contributed by atoms with E-state index in [1.165, 1.54) is 22.2 Å². The van der Waals surface area contributed by atoms with Gasteiger partial charge >= 0.3 is 16.6 Å². The Morgan fingerprint density at radius 1 is 1.31 bits per heavy atom. The van der Waals surface area contributed by atoms with Crippen molar-refractivity contribution >= 4 is 27.5 Å². The molecule has 0 aliphatic heterocycles. The smallest absolute Gasteiger partial charge is 0.494 e. The van der Waals surface area contributed by atoms with Gasteiger partial charge in [-0.25, -0.2) is 0 Å². The van der Waals surface area contributed by atoms with E-state index in [1.807, 2.05) is 24.4 Å². The van der Waals surface area contributed by atoms with Crippen LogP contribution in [-0.4, -0.2) is 21.6 Å². The second kappa shape index (κ2) is 3.37. The quantitative estimate of drug-likeness (QED) is 0.633. The Kier molecular flexibility index (Phi) is 2.22. The van der Waals surface area contributed by atoms with Crippen molar-refractivity contribution in [3.8, 4) is 5.75 Å². The number of nitrogens with zero attached hydrogens (tertiary/aromatic N) is 1. The molecular weight excluding hydrogens is 177 g/mol. The standard InChI is InChI=1S/C10H9NO.Al.H/c1-7-5-6-11-10-8(7)3-2-4-9(10)12;;/h2-6,12H,1H3;;/q;+1;/p-1. The number of aryl methyl sites for hydroxylation is 1. The summed E-state index contributed by atoms with van der Waals surface area (Å²) < 4.78 is 5.25. The minimum Gasteiger partial charge on any atom is -0.649 e. The molecule has 0 N–H and O–H groups in total. The monoisotopic (exact) mass is 186 g/mol. The van der Waals surface area contributed by atoms with E-state index in [2.05, 4.69) is 18.0 Å². The Bertz CT molecular complexity index is 442. The highest BCUT2D eigenvalue weighted by Gasteiger charge is 2.01. The first-order valence-corrected chi connectivity index (χ1v) is 4.67. The van der Waals surface area contributed by atoms with E-state index < -0.39 is 0 Å². The van der Waals surface area contributed by atoms with Gasteiger partial charge in [0.2, 0.25) is 0 Å². The molecule has 0 amide bonds. The largest absolute Gasteiger partial charge is 0.649 e. The van der Waals surface area contributed by atoms with Crippen LogP contribution in [0.25, 0.3) is 10.9 Å². The number of pyridine rings is 1. The van der Waals surface area contributed by atoms with Crippen LogP contribution in [0.4, 0.5) is 0 Å². The predicted octanol–water partition coefficient (Wildman–Crippen LogP) is 1.74. The molecule has 3 heteroatoms. The molecule has 1 aromatic heterocycles. The minimum atomic E-state index is 0.847. The SMILES string of the molecule is Cc1ccnc2c([O][AlH])cccc12. The second-order valence-electron chi connectivity index (χ2n) is 2.92. The molecule has 0 unspecified atom stereocenters. The molecule has 1 radical (unpaired) electrons. The van der Waals surface area contributed by atoms with Crippen LogP contribution < -0.4 is 3.79 Å². The van der Waals surface area contributed by atoms with Crippen LogP contribution in [0.3, 0.4) is 0 Å². The highest BCUT2D eigenvalue weighted by Crippen LogP contribution is 2.24. The lowest BCUT2D eigenvalue weighted by Crippen LogP contribution is -1.89. The minimum absolute atomic E-state index is 0.847. The highest BCUT2D eigenvalue weighted by molar-refractivity contribution is 6.02. The molecule has 0 aliphatic rings. The van der Waals surface area contributed by atoms with Crippen LogP contribution >= 0.6 is 0 Å². The third-order valence-corrected chi connectivity index (χ3v) is 2.42. The Hall–Kier alpha value is -1.04. The number of hydrogen-bond donors (Lipinski definition) is 0. The van der Waals surface area contributed by atoms with E-state index in [0.29, 0.717) is 0 Å². The van der Waals surface area contributed by atoms with Crippen LogP contribution in [0.15, 0.2) is 30.5 Å². The van der Waals surface area contributed by atoms with Gasteiger partial charge in [0.05, 0.1) is 0 Å². The average Bonchev–Trinajstić information content (AvgIpc) is 2.18. The van der Waals surface area contributed by atoms with E-state index in [9.17, 15) is 0 Å². The maximum Gasteiger partial charge on any atom is 0.494 e. The van der Waals surface area contributed by atoms with Gasteiger partial charge in [0.15, 0.2) is 0 Å². The zero-order valence-corrected chi connectivity index (χ0v) is 8.86. The first-order chi connectivity index (χ1) is 6.33. The molecular formula is C10H9AlNO. The molecule has 13 heavy (non-hydrogen) atoms. The fourth-order valence-corrected chi connectivity index (χ4v) is 1.64. The van der Waals surface area contributed by atoms with Gasteiger partial charge in [-0.05, 0) is 24.6 Å². The van der Waals surface area contributed by atoms with Crippen LogP contribution in [0.1, 0.15) is 5.56 Å². The number of hydrogen-bond acceptors (Lipinski definition) is 2. The fraction of sp³-hybridized carbons (Fsp3) is 0.100. The van der Waals surface area contributed by atoms with Crippen molar-refractivity contribution in [1.82, 2.24) is 4.98 Å². The van der Waals surface area contributed by atoms with Crippen molar-refractivity contribution in [1.29, 1.82) is 0 Å². The molecule has 0 atom stereocenters. The number of benzene rings is 1. The maximum absolute atomic E-state index is 5.25. The Labute approximate surface area is 85.3 Å². The molecule has 0 saturated carbocycles. The summed E-state index contributed by atoms with van der Waals surface area (Å²) in [6.07, 6.45) is 1.81. The highest BCUT2D eigenvalue weighted by atomic mass is 27.1. The van der Waals surface area contributed by atoms with Gasteiger partial charge < -0.3 is 3.79 Å². The molecule has 63 valence electrons. The van der Waals surface area contributed by atoms with Crippen molar-refractivity contribution in [3.63, 3.8) is 0 Å². The Morgan fingerprint density at radius 3 is 2.92 bits per heavy atom. The van der Waals surface area contributed by atoms with Crippen molar-refractivity contribution in [2.45, 2.75) is 6.92 Å². The van der Waals surface area contributed by atoms with Gasteiger partial charge in [0.25, 0.3) is 0 Å². The number of para-hydroxylation sites is 1. The summed E-state index contributed by atoms with van der Waals surface area (Å²) in [4.78, 5) is 4.29. The van der Waals surface area contributed by atoms with Crippen LogP contribution in [0.5, 0.6) is 5.75 Å². The third kappa shape index (κ3) is 1.41. The van der Waals surface area contributed by atoms with Gasteiger partial charge in [-0.1, -0.05) is 12.1 Å². The molecule has 0 saturated heterocycles. The predicted molar refractivity (Wildman–Crippen MR) is 54.3 cm³/mol. The maximum atomic E-state index is 5.25. The van der Waals surface area contributed by atoms with Gasteiger partial charge in [-0.15, -0.1) is 0 Å². The lowest BCUT2D eigenvalue weighted by atomic mass is 10.1. The fourth-order valence-electron chi connectivity index (χ4n) is 1.40. The molecule has 0 bridgehead atoms. The number of fused-ring (bicyclic) bond motifs is 1. The number of rotatable bonds is 1. The summed E-state index contributed by atoms with van der Waals surface area (Å²) in [7, 11) is 0. The number of aromatic nitrogens is 1. The lowest BCUT2D eigenvalue weighted by Gasteiger charge is -2.07. The summed E-state index contributed by atoms with van der Waals surface area (Å²) in [6.45, 7) is 2.08. The van der Waals surface area contributed by atoms with Crippen molar-refractivity contribution in [2.75, 3.05) is 0 Å². The molecule has 1 aromatic carbocycles. The van der Waals surface area contributed by atoms with Gasteiger partial charge in [0.1, 0.15) is 11.3 Å². The first kappa shape index (κ1) is 8.56. The van der Waals surface area contributed by atoms with Crippen LogP contribution in [-0.2, 0) is 0 Å². The van der Waals surface area contributed by atoms with Crippen molar-refractivity contribution in [2.24, 2.45) is 0 Å². The molecule has 0 aliphatic carbocycles. The third-order valence-electron chi connectivity index (χ3n) is 2.11. The summed E-state index contributed by atoms with van der Waals surface area (Å²) in [6, 6.07) is 7.98. The molecule has 0 spiro atoms. The zero-order chi connectivity index (χ0) is 9.26. The summed E-state index contributed by atoms with van der Waals surface area (Å²) >= 11 is 1.47. The van der Waals surface area contributed by atoms with Gasteiger partial charge in [-0.2, -0.15) is 0 Å². The Balaban J connectivity index is 2.84. The summed E-state index contributed by atoms with van der Waals surface area (Å²) in [5.74, 6) is 0.847. The molecule has 0 fully saturated rings. The van der Waals surface area contributed by atoms with Crippen molar-refractivity contribution in [3.05, 3.63) is 36.0 Å².